The number of hydrogen-bond acceptors (Lipinski definition) is 4. The van der Waals surface area contributed by atoms with E-state index in [0.717, 1.165) is 44.9 Å². The third-order valence-electron chi connectivity index (χ3n) is 10.3. The maximum absolute atomic E-state index is 11.5. The second-order valence-corrected chi connectivity index (χ2v) is 11.4. The third kappa shape index (κ3) is 3.27. The summed E-state index contributed by atoms with van der Waals surface area (Å²) in [5.74, 6) is 1.07. The first kappa shape index (κ1) is 21.6. The summed E-state index contributed by atoms with van der Waals surface area (Å²) >= 11 is 0. The molecule has 29 heavy (non-hydrogen) atoms. The van der Waals surface area contributed by atoms with Crippen molar-refractivity contribution in [3.05, 3.63) is 0 Å². The Hall–Kier alpha value is -0.650. The van der Waals surface area contributed by atoms with E-state index in [9.17, 15) is 20.1 Å². The van der Waals surface area contributed by atoms with Crippen LogP contribution in [0.25, 0.3) is 0 Å². The third-order valence-corrected chi connectivity index (χ3v) is 10.3. The minimum Gasteiger partial charge on any atom is -0.481 e. The van der Waals surface area contributed by atoms with Gasteiger partial charge >= 0.3 is 5.97 Å². The molecular formula is C24H40O5. The van der Waals surface area contributed by atoms with Crippen LogP contribution in [0.2, 0.25) is 0 Å². The average molecular weight is 409 g/mol. The van der Waals surface area contributed by atoms with Crippen molar-refractivity contribution in [3.8, 4) is 0 Å². The molecule has 0 radical (unpaired) electrons. The van der Waals surface area contributed by atoms with Gasteiger partial charge in [-0.2, -0.15) is 0 Å². The highest BCUT2D eigenvalue weighted by Crippen LogP contribution is 2.68. The zero-order valence-corrected chi connectivity index (χ0v) is 18.3. The number of hydrogen-bond donors (Lipinski definition) is 4. The number of carbonyl (C=O) groups is 1. The number of aliphatic hydroxyl groups excluding tert-OH is 3. The second-order valence-electron chi connectivity index (χ2n) is 11.4. The monoisotopic (exact) mass is 408 g/mol. The van der Waals surface area contributed by atoms with Crippen LogP contribution < -0.4 is 0 Å². The van der Waals surface area contributed by atoms with Gasteiger partial charge in [-0.15, -0.1) is 0 Å². The Kier molecular flexibility index (Phi) is 5.57. The van der Waals surface area contributed by atoms with Gasteiger partial charge in [0, 0.05) is 11.8 Å². The molecule has 0 unspecified atom stereocenters. The van der Waals surface area contributed by atoms with Gasteiger partial charge in [-0.1, -0.05) is 20.8 Å². The number of carboxylic acids is 1. The zero-order valence-electron chi connectivity index (χ0n) is 18.3. The molecule has 0 heterocycles. The fourth-order valence-electron chi connectivity index (χ4n) is 8.79. The highest BCUT2D eigenvalue weighted by atomic mass is 16.4. The minimum atomic E-state index is -0.791. The summed E-state index contributed by atoms with van der Waals surface area (Å²) in [6.45, 7) is 6.63. The average Bonchev–Trinajstić information content (AvgIpc) is 2.93. The molecule has 0 aromatic heterocycles. The predicted molar refractivity (Wildman–Crippen MR) is 110 cm³/mol. The van der Waals surface area contributed by atoms with Crippen LogP contribution in [-0.2, 0) is 4.79 Å². The SMILES string of the molecule is C[C@H](CCC(=O)O)[C@H]1[C@@H](O)C[C@H]2[C@@H]3CC[C@@H]4C[C@H](O)CC[C@]4(C)[C@H]3C[C@H](O)[C@]12C. The lowest BCUT2D eigenvalue weighted by Gasteiger charge is -2.62. The van der Waals surface area contributed by atoms with Gasteiger partial charge in [0.05, 0.1) is 18.3 Å². The number of carboxylic acid groups (broad SMARTS) is 1. The lowest BCUT2D eigenvalue weighted by molar-refractivity contribution is -0.176. The minimum absolute atomic E-state index is 0.0403. The predicted octanol–water partition coefficient (Wildman–Crippen LogP) is 3.45. The van der Waals surface area contributed by atoms with Gasteiger partial charge < -0.3 is 20.4 Å². The van der Waals surface area contributed by atoms with Crippen molar-refractivity contribution in [1.82, 2.24) is 0 Å². The summed E-state index contributed by atoms with van der Waals surface area (Å²) in [5.41, 5.74) is -0.154. The summed E-state index contributed by atoms with van der Waals surface area (Å²) in [5, 5.41) is 41.8. The van der Waals surface area contributed by atoms with Crippen molar-refractivity contribution in [2.24, 2.45) is 46.3 Å². The van der Waals surface area contributed by atoms with Gasteiger partial charge in [-0.05, 0) is 92.3 Å². The van der Waals surface area contributed by atoms with Crippen LogP contribution in [0, 0.1) is 46.3 Å². The molecule has 0 amide bonds. The highest BCUT2D eigenvalue weighted by molar-refractivity contribution is 5.66. The van der Waals surface area contributed by atoms with Gasteiger partial charge in [0.1, 0.15) is 0 Å². The van der Waals surface area contributed by atoms with Gasteiger partial charge in [0.2, 0.25) is 0 Å². The smallest absolute Gasteiger partial charge is 0.303 e. The van der Waals surface area contributed by atoms with Crippen LogP contribution in [0.15, 0.2) is 0 Å². The molecule has 5 heteroatoms. The highest BCUT2D eigenvalue weighted by Gasteiger charge is 2.65. The van der Waals surface area contributed by atoms with Crippen LogP contribution in [0.4, 0.5) is 0 Å². The van der Waals surface area contributed by atoms with E-state index in [1.807, 2.05) is 0 Å². The molecule has 11 atom stereocenters. The van der Waals surface area contributed by atoms with Gasteiger partial charge in [-0.25, -0.2) is 0 Å². The van der Waals surface area contributed by atoms with E-state index in [4.69, 9.17) is 5.11 Å². The molecule has 0 aliphatic heterocycles. The van der Waals surface area contributed by atoms with E-state index in [0.29, 0.717) is 30.1 Å². The van der Waals surface area contributed by atoms with Crippen LogP contribution in [0.5, 0.6) is 0 Å². The number of aliphatic hydroxyl groups is 3. The summed E-state index contributed by atoms with van der Waals surface area (Å²) in [6, 6.07) is 0. The van der Waals surface area contributed by atoms with Gasteiger partial charge in [0.15, 0.2) is 0 Å². The van der Waals surface area contributed by atoms with Gasteiger partial charge in [-0.3, -0.25) is 4.79 Å². The molecule has 0 aromatic rings. The Morgan fingerprint density at radius 2 is 1.76 bits per heavy atom. The van der Waals surface area contributed by atoms with E-state index in [2.05, 4.69) is 20.8 Å². The maximum Gasteiger partial charge on any atom is 0.303 e. The lowest BCUT2D eigenvalue weighted by atomic mass is 9.43. The topological polar surface area (TPSA) is 98.0 Å². The molecule has 0 bridgehead atoms. The van der Waals surface area contributed by atoms with Crippen LogP contribution in [0.1, 0.15) is 78.6 Å². The molecular weight excluding hydrogens is 368 g/mol. The largest absolute Gasteiger partial charge is 0.481 e. The fraction of sp³-hybridized carbons (Fsp3) is 0.958. The molecule has 4 N–H and O–H groups in total. The molecule has 0 spiro atoms. The summed E-state index contributed by atoms with van der Waals surface area (Å²) in [7, 11) is 0. The van der Waals surface area contributed by atoms with Crippen LogP contribution in [-0.4, -0.2) is 44.7 Å². The fourth-order valence-corrected chi connectivity index (χ4v) is 8.79. The number of rotatable bonds is 4. The van der Waals surface area contributed by atoms with Crippen molar-refractivity contribution >= 4 is 5.97 Å². The maximum atomic E-state index is 11.5. The van der Waals surface area contributed by atoms with E-state index < -0.39 is 18.2 Å². The number of fused-ring (bicyclic) bond motifs is 5. The molecule has 0 aromatic carbocycles. The first-order valence-corrected chi connectivity index (χ1v) is 11.8. The first-order valence-electron chi connectivity index (χ1n) is 11.8. The molecule has 166 valence electrons. The molecule has 4 aliphatic rings. The standard InChI is InChI=1S/C24H40O5/c1-13(4-7-21(28)29)22-19(26)11-18-16-6-5-14-10-15(25)8-9-23(14,2)17(16)12-20(27)24(18,22)3/h13-20,22,25-27H,4-12H2,1-3H3,(H,28,29)/t13-,14-,15-,16-,17+,18+,19+,20+,22+,23+,24-/m1/s1. The Morgan fingerprint density at radius 1 is 1.03 bits per heavy atom. The van der Waals surface area contributed by atoms with Crippen LogP contribution >= 0.6 is 0 Å². The second kappa shape index (κ2) is 7.49. The first-order chi connectivity index (χ1) is 13.6. The van der Waals surface area contributed by atoms with Crippen molar-refractivity contribution in [1.29, 1.82) is 0 Å². The quantitative estimate of drug-likeness (QED) is 0.571. The van der Waals surface area contributed by atoms with E-state index in [-0.39, 0.29) is 35.2 Å². The molecule has 4 saturated carbocycles. The molecule has 0 saturated heterocycles. The van der Waals surface area contributed by atoms with Crippen LogP contribution in [0.3, 0.4) is 0 Å². The molecule has 5 nitrogen and oxygen atoms in total. The van der Waals surface area contributed by atoms with Gasteiger partial charge in [0.25, 0.3) is 0 Å². The number of aliphatic carboxylic acids is 1. The Bertz CT molecular complexity index is 637. The normalized spacial score (nSPS) is 52.9. The summed E-state index contributed by atoms with van der Waals surface area (Å²) < 4.78 is 0. The van der Waals surface area contributed by atoms with E-state index in [1.165, 1.54) is 0 Å². The lowest BCUT2D eigenvalue weighted by Crippen LogP contribution is -2.59. The van der Waals surface area contributed by atoms with Crippen molar-refractivity contribution in [2.45, 2.75) is 96.9 Å². The molecule has 4 fully saturated rings. The molecule has 4 aliphatic carbocycles. The van der Waals surface area contributed by atoms with Crippen molar-refractivity contribution < 1.29 is 25.2 Å². The van der Waals surface area contributed by atoms with E-state index >= 15 is 0 Å². The van der Waals surface area contributed by atoms with E-state index in [1.54, 1.807) is 0 Å². The Labute approximate surface area is 174 Å². The van der Waals surface area contributed by atoms with Crippen molar-refractivity contribution in [3.63, 3.8) is 0 Å². The van der Waals surface area contributed by atoms with Crippen molar-refractivity contribution in [2.75, 3.05) is 0 Å². The Balaban J connectivity index is 1.60. The summed E-state index contributed by atoms with van der Waals surface area (Å²) in [6.07, 6.45) is 6.20. The Morgan fingerprint density at radius 3 is 2.45 bits per heavy atom. The summed E-state index contributed by atoms with van der Waals surface area (Å²) in [4.78, 5) is 11.1. The molecule has 4 rings (SSSR count). The zero-order chi connectivity index (χ0) is 21.1.